The lowest BCUT2D eigenvalue weighted by molar-refractivity contribution is -0.0528. The number of H-pyrrole nitrogens is 1. The van der Waals surface area contributed by atoms with Crippen molar-refractivity contribution in [3.05, 3.63) is 18.5 Å². The first-order chi connectivity index (χ1) is 11.1. The predicted molar refractivity (Wildman–Crippen MR) is 80.0 cm³/mol. The van der Waals surface area contributed by atoms with Gasteiger partial charge in [0.05, 0.1) is 12.4 Å². The Morgan fingerprint density at radius 1 is 1.43 bits per heavy atom. The van der Waals surface area contributed by atoms with Gasteiger partial charge in [0, 0.05) is 25.2 Å². The van der Waals surface area contributed by atoms with Crippen molar-refractivity contribution in [2.24, 2.45) is 5.73 Å². The summed E-state index contributed by atoms with van der Waals surface area (Å²) in [6, 6.07) is 1.45. The van der Waals surface area contributed by atoms with Crippen LogP contribution in [0.15, 0.2) is 18.5 Å². The molecule has 2 aromatic rings. The summed E-state index contributed by atoms with van der Waals surface area (Å²) in [7, 11) is 0. The highest BCUT2D eigenvalue weighted by Gasteiger charge is 2.18. The van der Waals surface area contributed by atoms with Crippen LogP contribution < -0.4 is 20.7 Å². The molecule has 1 aliphatic heterocycles. The molecular formula is C13H17F2N7O. The number of anilines is 3. The Bertz CT molecular complexity index is 651. The number of nitrogens with two attached hydrogens (primary N) is 1. The van der Waals surface area contributed by atoms with E-state index in [4.69, 9.17) is 5.73 Å². The third kappa shape index (κ3) is 4.03. The second-order valence-corrected chi connectivity index (χ2v) is 5.23. The molecule has 1 saturated heterocycles. The number of piperidine rings is 1. The maximum absolute atomic E-state index is 12.1. The Morgan fingerprint density at radius 3 is 3.09 bits per heavy atom. The third-order valence-corrected chi connectivity index (χ3v) is 3.43. The molecule has 3 rings (SSSR count). The molecule has 8 nitrogen and oxygen atoms in total. The molecule has 0 aliphatic carbocycles. The zero-order chi connectivity index (χ0) is 16.2. The van der Waals surface area contributed by atoms with E-state index in [1.165, 1.54) is 12.3 Å². The van der Waals surface area contributed by atoms with E-state index in [1.54, 1.807) is 6.20 Å². The number of ether oxygens (including phenoxy) is 1. The number of hydrogen-bond donors (Lipinski definition) is 3. The van der Waals surface area contributed by atoms with Crippen LogP contribution >= 0.6 is 0 Å². The summed E-state index contributed by atoms with van der Waals surface area (Å²) in [6.45, 7) is -1.31. The second kappa shape index (κ2) is 6.73. The summed E-state index contributed by atoms with van der Waals surface area (Å²) in [6.07, 6.45) is 5.21. The molecule has 0 spiro atoms. The number of nitrogens with one attached hydrogen (secondary N) is 2. The van der Waals surface area contributed by atoms with E-state index in [0.717, 1.165) is 25.9 Å². The number of rotatable bonds is 5. The first-order valence-corrected chi connectivity index (χ1v) is 7.20. The van der Waals surface area contributed by atoms with Crippen LogP contribution in [0.3, 0.4) is 0 Å². The van der Waals surface area contributed by atoms with Crippen LogP contribution in [0.25, 0.3) is 0 Å². The molecule has 124 valence electrons. The van der Waals surface area contributed by atoms with Gasteiger partial charge in [0.2, 0.25) is 5.88 Å². The topological polar surface area (TPSA) is 105 Å². The molecule has 2 aromatic heterocycles. The van der Waals surface area contributed by atoms with E-state index in [0.29, 0.717) is 17.5 Å². The van der Waals surface area contributed by atoms with Gasteiger partial charge in [-0.1, -0.05) is 0 Å². The highest BCUT2D eigenvalue weighted by molar-refractivity contribution is 5.54. The number of alkyl halides is 2. The van der Waals surface area contributed by atoms with Crippen molar-refractivity contribution in [1.29, 1.82) is 0 Å². The zero-order valence-corrected chi connectivity index (χ0v) is 12.2. The van der Waals surface area contributed by atoms with Crippen LogP contribution in [0.5, 0.6) is 5.88 Å². The zero-order valence-electron chi connectivity index (χ0n) is 12.2. The van der Waals surface area contributed by atoms with Gasteiger partial charge < -0.3 is 20.7 Å². The van der Waals surface area contributed by atoms with Crippen molar-refractivity contribution < 1.29 is 13.5 Å². The third-order valence-electron chi connectivity index (χ3n) is 3.43. The van der Waals surface area contributed by atoms with Crippen LogP contribution in [-0.2, 0) is 0 Å². The molecule has 0 saturated carbocycles. The highest BCUT2D eigenvalue weighted by atomic mass is 19.3. The standard InChI is InChI=1S/C13H17F2N7O/c14-13(15)23-12-4-9(20-21-12)18-10-5-17-6-11(19-10)22-3-1-2-8(16)7-22/h4-6,8,13H,1-3,7,16H2,(H2,18,19,20,21)/t8-/m1/s1. The lowest BCUT2D eigenvalue weighted by Crippen LogP contribution is -2.43. The predicted octanol–water partition coefficient (Wildman–Crippen LogP) is 1.47. The van der Waals surface area contributed by atoms with Crippen molar-refractivity contribution in [3.63, 3.8) is 0 Å². The number of aromatic nitrogens is 4. The minimum atomic E-state index is -2.92. The van der Waals surface area contributed by atoms with E-state index >= 15 is 0 Å². The Balaban J connectivity index is 1.68. The smallest absolute Gasteiger partial charge is 0.388 e. The van der Waals surface area contributed by atoms with Crippen molar-refractivity contribution in [3.8, 4) is 5.88 Å². The van der Waals surface area contributed by atoms with Crippen LogP contribution in [0.4, 0.5) is 26.2 Å². The minimum Gasteiger partial charge on any atom is -0.415 e. The van der Waals surface area contributed by atoms with Crippen LogP contribution in [0.2, 0.25) is 0 Å². The fraction of sp³-hybridized carbons (Fsp3) is 0.462. The fourth-order valence-corrected chi connectivity index (χ4v) is 2.44. The van der Waals surface area contributed by atoms with E-state index in [1.807, 2.05) is 0 Å². The molecular weight excluding hydrogens is 308 g/mol. The van der Waals surface area contributed by atoms with Crippen LogP contribution in [-0.4, -0.2) is 45.9 Å². The van der Waals surface area contributed by atoms with E-state index in [2.05, 4.69) is 35.1 Å². The molecule has 0 radical (unpaired) electrons. The lowest BCUT2D eigenvalue weighted by Gasteiger charge is -2.31. The van der Waals surface area contributed by atoms with Gasteiger partial charge in [-0.05, 0) is 12.8 Å². The second-order valence-electron chi connectivity index (χ2n) is 5.23. The van der Waals surface area contributed by atoms with Gasteiger partial charge in [-0.15, -0.1) is 5.10 Å². The van der Waals surface area contributed by atoms with Gasteiger partial charge >= 0.3 is 6.61 Å². The Hall–Kier alpha value is -2.49. The first kappa shape index (κ1) is 15.4. The molecule has 23 heavy (non-hydrogen) atoms. The van der Waals surface area contributed by atoms with E-state index in [-0.39, 0.29) is 11.9 Å². The van der Waals surface area contributed by atoms with Crippen molar-refractivity contribution in [2.75, 3.05) is 23.3 Å². The Morgan fingerprint density at radius 2 is 2.30 bits per heavy atom. The monoisotopic (exact) mass is 325 g/mol. The van der Waals surface area contributed by atoms with Crippen LogP contribution in [0, 0.1) is 0 Å². The lowest BCUT2D eigenvalue weighted by atomic mass is 10.1. The van der Waals surface area contributed by atoms with Gasteiger partial charge in [-0.2, -0.15) is 8.78 Å². The molecule has 1 aliphatic rings. The number of hydrogen-bond acceptors (Lipinski definition) is 7. The van der Waals surface area contributed by atoms with Gasteiger partial charge in [-0.3, -0.25) is 10.1 Å². The normalized spacial score (nSPS) is 18.3. The summed E-state index contributed by atoms with van der Waals surface area (Å²) in [4.78, 5) is 10.7. The minimum absolute atomic E-state index is 0.129. The van der Waals surface area contributed by atoms with Gasteiger partial charge in [-0.25, -0.2) is 4.98 Å². The average molecular weight is 325 g/mol. The van der Waals surface area contributed by atoms with Crippen LogP contribution in [0.1, 0.15) is 12.8 Å². The summed E-state index contributed by atoms with van der Waals surface area (Å²) in [5.41, 5.74) is 5.97. The first-order valence-electron chi connectivity index (χ1n) is 7.20. The van der Waals surface area contributed by atoms with Gasteiger partial charge in [0.15, 0.2) is 5.82 Å². The molecule has 4 N–H and O–H groups in total. The maximum Gasteiger partial charge on any atom is 0.388 e. The molecule has 0 bridgehead atoms. The maximum atomic E-state index is 12.1. The number of halogens is 2. The molecule has 3 heterocycles. The van der Waals surface area contributed by atoms with E-state index in [9.17, 15) is 8.78 Å². The van der Waals surface area contributed by atoms with Crippen molar-refractivity contribution in [2.45, 2.75) is 25.5 Å². The van der Waals surface area contributed by atoms with Crippen molar-refractivity contribution in [1.82, 2.24) is 20.2 Å². The Kier molecular flexibility index (Phi) is 4.51. The average Bonchev–Trinajstić information content (AvgIpc) is 2.94. The highest BCUT2D eigenvalue weighted by Crippen LogP contribution is 2.21. The molecule has 0 amide bonds. The van der Waals surface area contributed by atoms with Gasteiger partial charge in [0.1, 0.15) is 11.6 Å². The molecule has 1 fully saturated rings. The molecule has 0 aromatic carbocycles. The SMILES string of the molecule is N[C@@H]1CCCN(c2cncc(Nc3cc(OC(F)F)n[nH]3)n2)C1. The summed E-state index contributed by atoms with van der Waals surface area (Å²) >= 11 is 0. The summed E-state index contributed by atoms with van der Waals surface area (Å²) < 4.78 is 28.4. The Labute approximate surface area is 131 Å². The largest absolute Gasteiger partial charge is 0.415 e. The van der Waals surface area contributed by atoms with Gasteiger partial charge in [0.25, 0.3) is 0 Å². The van der Waals surface area contributed by atoms with Crippen molar-refractivity contribution >= 4 is 17.5 Å². The molecule has 0 unspecified atom stereocenters. The quantitative estimate of drug-likeness (QED) is 0.764. The molecule has 10 heteroatoms. The summed E-state index contributed by atoms with van der Waals surface area (Å²) in [5.74, 6) is 1.36. The fourth-order valence-electron chi connectivity index (χ4n) is 2.44. The van der Waals surface area contributed by atoms with E-state index < -0.39 is 6.61 Å². The summed E-state index contributed by atoms with van der Waals surface area (Å²) in [5, 5.41) is 9.07. The number of nitrogens with zero attached hydrogens (tertiary/aromatic N) is 4. The number of aromatic amines is 1. The molecule has 1 atom stereocenters.